The van der Waals surface area contributed by atoms with Gasteiger partial charge in [-0.3, -0.25) is 9.00 Å². The Balaban J connectivity index is 4.55. The molecule has 0 saturated carbocycles. The fraction of sp³-hybridized carbons (Fsp3) is 0.875. The van der Waals surface area contributed by atoms with Crippen molar-refractivity contribution in [2.24, 2.45) is 0 Å². The molecule has 0 aliphatic heterocycles. The predicted molar refractivity (Wildman–Crippen MR) is 49.6 cm³/mol. The quantitative estimate of drug-likeness (QED) is 0.735. The highest BCUT2D eigenvalue weighted by Crippen LogP contribution is 2.18. The molecule has 0 aliphatic carbocycles. The van der Waals surface area contributed by atoms with Crippen LogP contribution in [0.1, 0.15) is 34.1 Å². The minimum atomic E-state index is -1.30. The van der Waals surface area contributed by atoms with Crippen LogP contribution in [0.3, 0.4) is 0 Å². The largest absolute Gasteiger partial charge is 0.480 e. The van der Waals surface area contributed by atoms with Crippen molar-refractivity contribution < 1.29 is 14.1 Å². The Kier molecular flexibility index (Phi) is 3.90. The monoisotopic (exact) mass is 192 g/mol. The van der Waals surface area contributed by atoms with E-state index in [1.165, 1.54) is 0 Å². The van der Waals surface area contributed by atoms with Crippen LogP contribution in [0.4, 0.5) is 0 Å². The fourth-order valence-corrected chi connectivity index (χ4v) is 2.18. The van der Waals surface area contributed by atoms with Gasteiger partial charge in [0.05, 0.1) is 0 Å². The van der Waals surface area contributed by atoms with Crippen LogP contribution in [0.25, 0.3) is 0 Å². The molecule has 2 atom stereocenters. The van der Waals surface area contributed by atoms with E-state index in [0.717, 1.165) is 0 Å². The van der Waals surface area contributed by atoms with E-state index >= 15 is 0 Å². The summed E-state index contributed by atoms with van der Waals surface area (Å²) in [5.41, 5.74) is 0. The third-order valence-corrected chi connectivity index (χ3v) is 3.77. The third-order valence-electron chi connectivity index (χ3n) is 1.51. The van der Waals surface area contributed by atoms with E-state index in [1.54, 1.807) is 27.7 Å². The molecule has 0 heterocycles. The highest BCUT2D eigenvalue weighted by Gasteiger charge is 2.31. The molecule has 0 saturated heterocycles. The highest BCUT2D eigenvalue weighted by atomic mass is 32.2. The average molecular weight is 192 g/mol. The standard InChI is InChI=1S/C8H16O3S/c1-5-6(7(9)10)12(11)8(2,3)4/h6H,5H2,1-4H3,(H,9,10). The molecule has 0 aromatic rings. The second-order valence-corrected chi connectivity index (χ2v) is 6.03. The van der Waals surface area contributed by atoms with Gasteiger partial charge in [-0.2, -0.15) is 0 Å². The summed E-state index contributed by atoms with van der Waals surface area (Å²) >= 11 is 0. The minimum absolute atomic E-state index is 0.416. The second kappa shape index (κ2) is 4.03. The van der Waals surface area contributed by atoms with E-state index in [1.807, 2.05) is 0 Å². The third kappa shape index (κ3) is 2.93. The van der Waals surface area contributed by atoms with Gasteiger partial charge in [0.15, 0.2) is 0 Å². The lowest BCUT2D eigenvalue weighted by molar-refractivity contribution is -0.136. The number of carbonyl (C=O) groups is 1. The Morgan fingerprint density at radius 2 is 1.92 bits per heavy atom. The lowest BCUT2D eigenvalue weighted by atomic mass is 10.3. The number of hydrogen-bond donors (Lipinski definition) is 1. The van der Waals surface area contributed by atoms with Crippen LogP contribution < -0.4 is 0 Å². The Bertz CT molecular complexity index is 193. The minimum Gasteiger partial charge on any atom is -0.480 e. The van der Waals surface area contributed by atoms with Crippen molar-refractivity contribution in [3.05, 3.63) is 0 Å². The maximum absolute atomic E-state index is 11.6. The Morgan fingerprint density at radius 3 is 2.00 bits per heavy atom. The van der Waals surface area contributed by atoms with E-state index in [-0.39, 0.29) is 0 Å². The molecule has 0 spiro atoms. The van der Waals surface area contributed by atoms with Crippen molar-refractivity contribution in [3.8, 4) is 0 Å². The number of carboxylic acid groups (broad SMARTS) is 1. The SMILES string of the molecule is CCC(C(=O)O)S(=O)C(C)(C)C. The van der Waals surface area contributed by atoms with Gasteiger partial charge in [0.25, 0.3) is 0 Å². The summed E-state index contributed by atoms with van der Waals surface area (Å²) in [6.07, 6.45) is 0.416. The van der Waals surface area contributed by atoms with Gasteiger partial charge in [0.1, 0.15) is 5.25 Å². The molecule has 0 aromatic carbocycles. The van der Waals surface area contributed by atoms with Crippen molar-refractivity contribution in [1.82, 2.24) is 0 Å². The van der Waals surface area contributed by atoms with Gasteiger partial charge in [-0.15, -0.1) is 0 Å². The van der Waals surface area contributed by atoms with Crippen LogP contribution in [0.5, 0.6) is 0 Å². The Labute approximate surface area is 75.6 Å². The molecule has 0 aromatic heterocycles. The summed E-state index contributed by atoms with van der Waals surface area (Å²) in [5, 5.41) is 7.98. The lowest BCUT2D eigenvalue weighted by Gasteiger charge is -2.21. The van der Waals surface area contributed by atoms with Crippen molar-refractivity contribution in [1.29, 1.82) is 0 Å². The number of rotatable bonds is 3. The van der Waals surface area contributed by atoms with Gasteiger partial charge in [-0.25, -0.2) is 0 Å². The maximum atomic E-state index is 11.6. The van der Waals surface area contributed by atoms with E-state index in [0.29, 0.717) is 6.42 Å². The summed E-state index contributed by atoms with van der Waals surface area (Å²) in [7, 11) is -1.30. The highest BCUT2D eigenvalue weighted by molar-refractivity contribution is 7.87. The van der Waals surface area contributed by atoms with Gasteiger partial charge in [0.2, 0.25) is 0 Å². The molecule has 0 bridgehead atoms. The van der Waals surface area contributed by atoms with Crippen molar-refractivity contribution in [2.45, 2.75) is 44.1 Å². The van der Waals surface area contributed by atoms with Gasteiger partial charge >= 0.3 is 5.97 Å². The number of aliphatic carboxylic acids is 1. The smallest absolute Gasteiger partial charge is 0.319 e. The van der Waals surface area contributed by atoms with E-state index < -0.39 is 26.8 Å². The molecule has 4 heteroatoms. The molecular weight excluding hydrogens is 176 g/mol. The molecular formula is C8H16O3S. The van der Waals surface area contributed by atoms with Gasteiger partial charge in [-0.1, -0.05) is 6.92 Å². The summed E-state index contributed by atoms with van der Waals surface area (Å²) in [4.78, 5) is 10.6. The zero-order chi connectivity index (χ0) is 9.94. The zero-order valence-electron chi connectivity index (χ0n) is 7.96. The second-order valence-electron chi connectivity index (χ2n) is 3.64. The molecule has 12 heavy (non-hydrogen) atoms. The van der Waals surface area contributed by atoms with Crippen molar-refractivity contribution >= 4 is 16.8 Å². The molecule has 0 aliphatic rings. The molecule has 0 fully saturated rings. The van der Waals surface area contributed by atoms with E-state index in [4.69, 9.17) is 5.11 Å². The number of carboxylic acids is 1. The summed E-state index contributed by atoms with van der Waals surface area (Å²) in [6, 6.07) is 0. The Morgan fingerprint density at radius 1 is 1.50 bits per heavy atom. The molecule has 1 N–H and O–H groups in total. The van der Waals surface area contributed by atoms with Crippen LogP contribution in [0, 0.1) is 0 Å². The van der Waals surface area contributed by atoms with Crippen LogP contribution >= 0.6 is 0 Å². The van der Waals surface area contributed by atoms with E-state index in [2.05, 4.69) is 0 Å². The van der Waals surface area contributed by atoms with Gasteiger partial charge in [0, 0.05) is 15.5 Å². The fourth-order valence-electron chi connectivity index (χ4n) is 0.844. The first-order valence-electron chi connectivity index (χ1n) is 3.94. The van der Waals surface area contributed by atoms with Gasteiger partial charge in [-0.05, 0) is 27.2 Å². The molecule has 72 valence electrons. The zero-order valence-corrected chi connectivity index (χ0v) is 8.77. The van der Waals surface area contributed by atoms with Crippen molar-refractivity contribution in [3.63, 3.8) is 0 Å². The predicted octanol–water partition coefficient (Wildman–Crippen LogP) is 1.40. The first-order chi connectivity index (χ1) is 5.30. The summed E-state index contributed by atoms with van der Waals surface area (Å²) in [5.74, 6) is -0.967. The van der Waals surface area contributed by atoms with Crippen LogP contribution in [-0.4, -0.2) is 25.3 Å². The first kappa shape index (κ1) is 11.6. The molecule has 0 rings (SSSR count). The summed E-state index contributed by atoms with van der Waals surface area (Å²) < 4.78 is 11.1. The average Bonchev–Trinajstić information content (AvgIpc) is 1.86. The van der Waals surface area contributed by atoms with Gasteiger partial charge < -0.3 is 5.11 Å². The maximum Gasteiger partial charge on any atom is 0.319 e. The molecule has 0 amide bonds. The van der Waals surface area contributed by atoms with E-state index in [9.17, 15) is 9.00 Å². The number of hydrogen-bond acceptors (Lipinski definition) is 2. The van der Waals surface area contributed by atoms with Crippen molar-refractivity contribution in [2.75, 3.05) is 0 Å². The topological polar surface area (TPSA) is 54.4 Å². The Hall–Kier alpha value is -0.380. The summed E-state index contributed by atoms with van der Waals surface area (Å²) in [6.45, 7) is 7.10. The first-order valence-corrected chi connectivity index (χ1v) is 5.15. The lowest BCUT2D eigenvalue weighted by Crippen LogP contribution is -2.36. The van der Waals surface area contributed by atoms with Crippen LogP contribution in [0.2, 0.25) is 0 Å². The van der Waals surface area contributed by atoms with Crippen LogP contribution in [0.15, 0.2) is 0 Å². The molecule has 3 nitrogen and oxygen atoms in total. The molecule has 2 unspecified atom stereocenters. The van der Waals surface area contributed by atoms with Crippen LogP contribution in [-0.2, 0) is 15.6 Å². The molecule has 0 radical (unpaired) electrons. The normalized spacial score (nSPS) is 17.0.